The van der Waals surface area contributed by atoms with Gasteiger partial charge in [0.25, 0.3) is 0 Å². The van der Waals surface area contributed by atoms with Crippen LogP contribution in [0.2, 0.25) is 0 Å². The van der Waals surface area contributed by atoms with Crippen LogP contribution in [0.15, 0.2) is 0 Å². The van der Waals surface area contributed by atoms with Crippen LogP contribution in [0.5, 0.6) is 0 Å². The number of carbonyl (C=O) groups is 2. The molecule has 0 aliphatic heterocycles. The van der Waals surface area contributed by atoms with Crippen molar-refractivity contribution in [2.24, 2.45) is 0 Å². The van der Waals surface area contributed by atoms with E-state index in [1.165, 1.54) is 0 Å². The molecule has 0 spiro atoms. The van der Waals surface area contributed by atoms with E-state index in [2.05, 4.69) is 0 Å². The Morgan fingerprint density at radius 2 is 1.37 bits per heavy atom. The first-order valence-corrected chi connectivity index (χ1v) is 11.5. The number of hydrogen-bond acceptors (Lipinski definition) is 9. The Bertz CT molecular complexity index is 536. The number of ether oxygens (including phenoxy) is 6. The highest BCUT2D eigenvalue weighted by molar-refractivity contribution is 7.54. The van der Waals surface area contributed by atoms with Crippen LogP contribution in [0, 0.1) is 0 Å². The van der Waals surface area contributed by atoms with Crippen LogP contribution in [-0.4, -0.2) is 87.0 Å². The van der Waals surface area contributed by atoms with Crippen LogP contribution in [0.3, 0.4) is 0 Å². The van der Waals surface area contributed by atoms with Gasteiger partial charge in [-0.1, -0.05) is 26.7 Å². The van der Waals surface area contributed by atoms with Crippen molar-refractivity contribution in [1.82, 2.24) is 0 Å². The summed E-state index contributed by atoms with van der Waals surface area (Å²) in [6, 6.07) is 0. The second kappa shape index (κ2) is 15.7. The number of rotatable bonds is 18. The summed E-state index contributed by atoms with van der Waals surface area (Å²) in [6.45, 7) is 4.54. The molecule has 0 saturated carbocycles. The summed E-state index contributed by atoms with van der Waals surface area (Å²) in [5, 5.41) is -3.02. The number of hydrogen-bond donors (Lipinski definition) is 2. The van der Waals surface area contributed by atoms with Crippen molar-refractivity contribution < 1.29 is 52.4 Å². The number of methoxy groups -OCH3 is 2. The molecular formula is C18H35O11P. The molecule has 0 amide bonds. The van der Waals surface area contributed by atoms with Gasteiger partial charge in [-0.25, -0.2) is 9.59 Å². The van der Waals surface area contributed by atoms with Crippen molar-refractivity contribution in [3.63, 3.8) is 0 Å². The van der Waals surface area contributed by atoms with Crippen LogP contribution in [0.4, 0.5) is 0 Å². The van der Waals surface area contributed by atoms with Crippen molar-refractivity contribution in [2.45, 2.75) is 51.0 Å². The van der Waals surface area contributed by atoms with E-state index in [0.29, 0.717) is 13.2 Å². The molecule has 0 bridgehead atoms. The lowest BCUT2D eigenvalue weighted by Gasteiger charge is -2.34. The molecule has 2 unspecified atom stereocenters. The largest absolute Gasteiger partial charge is 0.461 e. The van der Waals surface area contributed by atoms with E-state index in [-0.39, 0.29) is 26.4 Å². The van der Waals surface area contributed by atoms with Crippen molar-refractivity contribution in [3.05, 3.63) is 0 Å². The summed E-state index contributed by atoms with van der Waals surface area (Å²) in [5.74, 6) is -2.65. The Hall–Kier alpha value is -1.07. The molecule has 0 heterocycles. The van der Waals surface area contributed by atoms with Crippen LogP contribution in [0.1, 0.15) is 39.5 Å². The Morgan fingerprint density at radius 3 is 1.77 bits per heavy atom. The van der Waals surface area contributed by atoms with E-state index in [4.69, 9.17) is 28.4 Å². The zero-order chi connectivity index (χ0) is 23.0. The quantitative estimate of drug-likeness (QED) is 0.174. The average Bonchev–Trinajstić information content (AvgIpc) is 2.69. The van der Waals surface area contributed by atoms with Gasteiger partial charge in [-0.05, 0) is 12.8 Å². The Morgan fingerprint density at radius 1 is 0.867 bits per heavy atom. The maximum Gasteiger partial charge on any atom is 0.372 e. The monoisotopic (exact) mass is 458 g/mol. The van der Waals surface area contributed by atoms with Gasteiger partial charge in [0, 0.05) is 27.4 Å². The number of carbonyl (C=O) groups excluding carboxylic acids is 2. The molecule has 12 heteroatoms. The number of unbranched alkanes of at least 4 members (excludes halogenated alkanes) is 2. The molecule has 0 aromatic rings. The zero-order valence-corrected chi connectivity index (χ0v) is 19.1. The number of esters is 2. The first-order chi connectivity index (χ1) is 14.2. The maximum absolute atomic E-state index is 12.6. The molecule has 11 nitrogen and oxygen atoms in total. The topological polar surface area (TPSA) is 147 Å². The lowest BCUT2D eigenvalue weighted by Crippen LogP contribution is -2.56. The van der Waals surface area contributed by atoms with Crippen molar-refractivity contribution >= 4 is 19.5 Å². The van der Waals surface area contributed by atoms with Gasteiger partial charge < -0.3 is 38.2 Å². The van der Waals surface area contributed by atoms with Crippen LogP contribution in [-0.2, 0) is 42.6 Å². The van der Waals surface area contributed by atoms with Gasteiger partial charge in [0.05, 0.1) is 13.2 Å². The first kappa shape index (κ1) is 28.9. The van der Waals surface area contributed by atoms with Crippen LogP contribution < -0.4 is 0 Å². The third-order valence-corrected chi connectivity index (χ3v) is 5.52. The smallest absolute Gasteiger partial charge is 0.372 e. The van der Waals surface area contributed by atoms with E-state index in [0.717, 1.165) is 39.9 Å². The van der Waals surface area contributed by atoms with Gasteiger partial charge in [-0.15, -0.1) is 0 Å². The molecule has 30 heavy (non-hydrogen) atoms. The van der Waals surface area contributed by atoms with Crippen molar-refractivity contribution in [2.75, 3.05) is 53.9 Å². The maximum atomic E-state index is 12.6. The first-order valence-electron chi connectivity index (χ1n) is 9.85. The summed E-state index contributed by atoms with van der Waals surface area (Å²) < 4.78 is 42.3. The van der Waals surface area contributed by atoms with Gasteiger partial charge in [-0.2, -0.15) is 0 Å². The summed E-state index contributed by atoms with van der Waals surface area (Å²) in [4.78, 5) is 44.7. The second-order valence-corrected chi connectivity index (χ2v) is 8.05. The molecule has 178 valence electrons. The predicted molar refractivity (Wildman–Crippen MR) is 106 cm³/mol. The highest BCUT2D eigenvalue weighted by Crippen LogP contribution is 2.54. The average molecular weight is 458 g/mol. The molecule has 0 aromatic carbocycles. The molecule has 0 radical (unpaired) electrons. The van der Waals surface area contributed by atoms with Gasteiger partial charge in [-0.3, -0.25) is 4.57 Å². The van der Waals surface area contributed by atoms with Crippen molar-refractivity contribution in [3.8, 4) is 0 Å². The minimum atomic E-state index is -5.40. The lowest BCUT2D eigenvalue weighted by atomic mass is 10.2. The summed E-state index contributed by atoms with van der Waals surface area (Å²) in [6.07, 6.45) is 1.46. The summed E-state index contributed by atoms with van der Waals surface area (Å²) in [5.41, 5.74) is 0. The zero-order valence-electron chi connectivity index (χ0n) is 18.2. The Kier molecular flexibility index (Phi) is 15.1. The standard InChI is InChI=1S/C18H35O11P/c1-5-7-9-26-11-13-28-16(19)15(24-3)18(25-4,30(21,22)23)17(20)29-14-12-27-10-8-6-2/h15H,5-14H2,1-4H3,(H2,21,22,23). The minimum absolute atomic E-state index is 0.0177. The minimum Gasteiger partial charge on any atom is -0.461 e. The molecule has 0 aliphatic carbocycles. The fraction of sp³-hybridized carbons (Fsp3) is 0.889. The molecule has 0 fully saturated rings. The third kappa shape index (κ3) is 8.97. The second-order valence-electron chi connectivity index (χ2n) is 6.30. The Labute approximate surface area is 177 Å². The lowest BCUT2D eigenvalue weighted by molar-refractivity contribution is -0.188. The molecule has 2 atom stereocenters. The molecule has 0 aromatic heterocycles. The molecule has 0 aliphatic rings. The van der Waals surface area contributed by atoms with Crippen molar-refractivity contribution in [1.29, 1.82) is 0 Å². The van der Waals surface area contributed by atoms with E-state index in [1.54, 1.807) is 0 Å². The van der Waals surface area contributed by atoms with Crippen LogP contribution >= 0.6 is 7.60 Å². The predicted octanol–water partition coefficient (Wildman–Crippen LogP) is 1.24. The van der Waals surface area contributed by atoms with Gasteiger partial charge >= 0.3 is 24.9 Å². The third-order valence-electron chi connectivity index (χ3n) is 4.06. The summed E-state index contributed by atoms with van der Waals surface area (Å²) >= 11 is 0. The molecule has 0 saturated heterocycles. The van der Waals surface area contributed by atoms with Gasteiger partial charge in [0.1, 0.15) is 13.2 Å². The van der Waals surface area contributed by atoms with E-state index >= 15 is 0 Å². The molecule has 0 rings (SSSR count). The molecule has 2 N–H and O–H groups in total. The van der Waals surface area contributed by atoms with Gasteiger partial charge in [0.15, 0.2) is 0 Å². The molecular weight excluding hydrogens is 423 g/mol. The van der Waals surface area contributed by atoms with E-state index in [1.807, 2.05) is 13.8 Å². The van der Waals surface area contributed by atoms with Crippen LogP contribution in [0.25, 0.3) is 0 Å². The van der Waals surface area contributed by atoms with E-state index < -0.39 is 31.0 Å². The normalized spacial score (nSPS) is 14.7. The highest BCUT2D eigenvalue weighted by Gasteiger charge is 2.65. The van der Waals surface area contributed by atoms with E-state index in [9.17, 15) is 23.9 Å². The fourth-order valence-electron chi connectivity index (χ4n) is 2.37. The fourth-order valence-corrected chi connectivity index (χ4v) is 3.43. The van der Waals surface area contributed by atoms with Gasteiger partial charge in [0.2, 0.25) is 6.10 Å². The summed E-state index contributed by atoms with van der Waals surface area (Å²) in [7, 11) is -3.54. The Balaban J connectivity index is 5.13. The highest BCUT2D eigenvalue weighted by atomic mass is 31.2. The SMILES string of the molecule is CCCCOCCOC(=O)C(OC)C(OC)(C(=O)OCCOCCCC)P(=O)(O)O.